The molecule has 0 aliphatic heterocycles. The van der Waals surface area contributed by atoms with Crippen LogP contribution >= 0.6 is 0 Å². The zero-order valence-corrected chi connectivity index (χ0v) is 14.3. The van der Waals surface area contributed by atoms with Gasteiger partial charge in [0, 0.05) is 17.2 Å². The highest BCUT2D eigenvalue weighted by atomic mass is 16.6. The first-order valence-electron chi connectivity index (χ1n) is 7.99. The maximum atomic E-state index is 11.1. The van der Waals surface area contributed by atoms with Crippen molar-refractivity contribution in [2.24, 2.45) is 0 Å². The zero-order chi connectivity index (χ0) is 19.4. The Kier molecular flexibility index (Phi) is 4.83. The molecular weight excluding hydrogens is 342 g/mol. The predicted octanol–water partition coefficient (Wildman–Crippen LogP) is 5.10. The van der Waals surface area contributed by atoms with E-state index in [0.717, 1.165) is 0 Å². The molecule has 0 aliphatic carbocycles. The van der Waals surface area contributed by atoms with Crippen LogP contribution in [0, 0.1) is 39.7 Å². The summed E-state index contributed by atoms with van der Waals surface area (Å²) in [6.07, 6.45) is 1.57. The van der Waals surface area contributed by atoms with Gasteiger partial charge in [-0.25, -0.2) is 0 Å². The van der Waals surface area contributed by atoms with E-state index in [0.29, 0.717) is 39.3 Å². The molecule has 0 bridgehead atoms. The van der Waals surface area contributed by atoms with E-state index in [9.17, 15) is 15.4 Å². The van der Waals surface area contributed by atoms with Crippen LogP contribution < -0.4 is 0 Å². The van der Waals surface area contributed by atoms with E-state index >= 15 is 0 Å². The summed E-state index contributed by atoms with van der Waals surface area (Å²) in [6, 6.07) is 19.1. The number of aryl methyl sites for hydroxylation is 1. The standard InChI is InChI=1S/C21H13N3O3/c1-14-5-6-17(11-20(14)24(25)26)21-8-7-19(27-21)10-18(13-23)16-4-2-3-15(9-16)12-22/h2-11H,1H3/b18-10-. The fraction of sp³-hybridized carbons (Fsp3) is 0.0476. The van der Waals surface area contributed by atoms with E-state index in [1.54, 1.807) is 61.5 Å². The largest absolute Gasteiger partial charge is 0.457 e. The molecule has 0 aliphatic rings. The second-order valence-electron chi connectivity index (χ2n) is 5.82. The van der Waals surface area contributed by atoms with Gasteiger partial charge in [-0.1, -0.05) is 24.3 Å². The van der Waals surface area contributed by atoms with Crippen LogP contribution in [-0.4, -0.2) is 4.92 Å². The molecule has 0 atom stereocenters. The van der Waals surface area contributed by atoms with Gasteiger partial charge in [0.05, 0.1) is 28.2 Å². The minimum absolute atomic E-state index is 0.0204. The van der Waals surface area contributed by atoms with Gasteiger partial charge in [-0.15, -0.1) is 0 Å². The van der Waals surface area contributed by atoms with Crippen LogP contribution in [0.5, 0.6) is 0 Å². The SMILES string of the molecule is Cc1ccc(-c2ccc(/C=C(/C#N)c3cccc(C#N)c3)o2)cc1[N+](=O)[O-]. The molecule has 0 fully saturated rings. The van der Waals surface area contributed by atoms with Gasteiger partial charge in [0.15, 0.2) is 0 Å². The van der Waals surface area contributed by atoms with Crippen molar-refractivity contribution in [2.75, 3.05) is 0 Å². The van der Waals surface area contributed by atoms with Crippen LogP contribution in [0.1, 0.15) is 22.5 Å². The Morgan fingerprint density at radius 2 is 1.96 bits per heavy atom. The van der Waals surface area contributed by atoms with Crippen LogP contribution in [0.15, 0.2) is 59.0 Å². The van der Waals surface area contributed by atoms with Crippen molar-refractivity contribution in [1.29, 1.82) is 10.5 Å². The fourth-order valence-corrected chi connectivity index (χ4v) is 2.62. The molecule has 2 aromatic carbocycles. The Bertz CT molecular complexity index is 1140. The Hall–Kier alpha value is -4.16. The number of nitrogens with zero attached hydrogens (tertiary/aromatic N) is 3. The lowest BCUT2D eigenvalue weighted by Gasteiger charge is -2.01. The number of rotatable bonds is 4. The molecule has 0 radical (unpaired) electrons. The van der Waals surface area contributed by atoms with Crippen molar-refractivity contribution in [2.45, 2.75) is 6.92 Å². The number of hydrogen-bond donors (Lipinski definition) is 0. The van der Waals surface area contributed by atoms with E-state index in [2.05, 4.69) is 6.07 Å². The van der Waals surface area contributed by atoms with Crippen molar-refractivity contribution >= 4 is 17.3 Å². The molecule has 0 amide bonds. The Morgan fingerprint density at radius 3 is 2.67 bits per heavy atom. The van der Waals surface area contributed by atoms with E-state index < -0.39 is 4.92 Å². The summed E-state index contributed by atoms with van der Waals surface area (Å²) in [6.45, 7) is 1.67. The van der Waals surface area contributed by atoms with Gasteiger partial charge < -0.3 is 4.42 Å². The smallest absolute Gasteiger partial charge is 0.273 e. The number of benzene rings is 2. The topological polar surface area (TPSA) is 104 Å². The second-order valence-corrected chi connectivity index (χ2v) is 5.82. The maximum absolute atomic E-state index is 11.1. The lowest BCUT2D eigenvalue weighted by atomic mass is 10.0. The summed E-state index contributed by atoms with van der Waals surface area (Å²) in [5, 5.41) is 29.5. The first-order chi connectivity index (χ1) is 13.0. The van der Waals surface area contributed by atoms with Crippen LogP contribution in [-0.2, 0) is 0 Å². The molecule has 0 unspecified atom stereocenters. The van der Waals surface area contributed by atoms with Crippen molar-refractivity contribution < 1.29 is 9.34 Å². The number of allylic oxidation sites excluding steroid dienone is 1. The summed E-state index contributed by atoms with van der Waals surface area (Å²) in [7, 11) is 0. The summed E-state index contributed by atoms with van der Waals surface area (Å²) in [4.78, 5) is 10.7. The van der Waals surface area contributed by atoms with Crippen molar-refractivity contribution in [3.8, 4) is 23.5 Å². The molecule has 1 heterocycles. The Morgan fingerprint density at radius 1 is 1.15 bits per heavy atom. The Balaban J connectivity index is 1.97. The molecule has 27 heavy (non-hydrogen) atoms. The fourth-order valence-electron chi connectivity index (χ4n) is 2.62. The van der Waals surface area contributed by atoms with Gasteiger partial charge in [0.25, 0.3) is 5.69 Å². The number of hydrogen-bond acceptors (Lipinski definition) is 5. The Labute approximate surface area is 155 Å². The summed E-state index contributed by atoms with van der Waals surface area (Å²) >= 11 is 0. The van der Waals surface area contributed by atoms with E-state index in [1.165, 1.54) is 6.07 Å². The van der Waals surface area contributed by atoms with Gasteiger partial charge in [0.2, 0.25) is 0 Å². The van der Waals surface area contributed by atoms with Crippen LogP contribution in [0.25, 0.3) is 23.0 Å². The minimum atomic E-state index is -0.432. The van der Waals surface area contributed by atoms with Crippen molar-refractivity contribution in [1.82, 2.24) is 0 Å². The summed E-state index contributed by atoms with van der Waals surface area (Å²) < 4.78 is 5.74. The molecule has 6 nitrogen and oxygen atoms in total. The first-order valence-corrected chi connectivity index (χ1v) is 7.99. The molecule has 0 N–H and O–H groups in total. The van der Waals surface area contributed by atoms with E-state index in [4.69, 9.17) is 9.68 Å². The average molecular weight is 355 g/mol. The number of nitro benzene ring substituents is 1. The van der Waals surface area contributed by atoms with Crippen LogP contribution in [0.3, 0.4) is 0 Å². The molecule has 6 heteroatoms. The second kappa shape index (κ2) is 7.38. The molecule has 0 saturated heterocycles. The first kappa shape index (κ1) is 17.7. The number of furan rings is 1. The molecular formula is C21H13N3O3. The third-order valence-electron chi connectivity index (χ3n) is 4.03. The summed E-state index contributed by atoms with van der Waals surface area (Å²) in [5.41, 5.74) is 2.59. The molecule has 0 spiro atoms. The zero-order valence-electron chi connectivity index (χ0n) is 14.3. The maximum Gasteiger partial charge on any atom is 0.273 e. The highest BCUT2D eigenvalue weighted by molar-refractivity contribution is 5.89. The molecule has 1 aromatic heterocycles. The minimum Gasteiger partial charge on any atom is -0.457 e. The van der Waals surface area contributed by atoms with Gasteiger partial charge in [0.1, 0.15) is 11.5 Å². The van der Waals surface area contributed by atoms with Crippen molar-refractivity contribution in [3.63, 3.8) is 0 Å². The van der Waals surface area contributed by atoms with Gasteiger partial charge in [-0.2, -0.15) is 10.5 Å². The van der Waals surface area contributed by atoms with E-state index in [-0.39, 0.29) is 5.69 Å². The quantitative estimate of drug-likeness (QED) is 0.368. The molecule has 3 aromatic rings. The van der Waals surface area contributed by atoms with Crippen LogP contribution in [0.4, 0.5) is 5.69 Å². The normalized spacial score (nSPS) is 10.9. The number of nitriles is 2. The van der Waals surface area contributed by atoms with Gasteiger partial charge in [-0.05, 0) is 42.8 Å². The monoisotopic (exact) mass is 355 g/mol. The molecule has 3 rings (SSSR count). The van der Waals surface area contributed by atoms with Crippen LogP contribution in [0.2, 0.25) is 0 Å². The predicted molar refractivity (Wildman–Crippen MR) is 100 cm³/mol. The lowest BCUT2D eigenvalue weighted by Crippen LogP contribution is -1.91. The van der Waals surface area contributed by atoms with Gasteiger partial charge in [-0.3, -0.25) is 10.1 Å². The highest BCUT2D eigenvalue weighted by Crippen LogP contribution is 2.29. The number of nitro groups is 1. The third-order valence-corrected chi connectivity index (χ3v) is 4.03. The molecule has 130 valence electrons. The summed E-state index contributed by atoms with van der Waals surface area (Å²) in [5.74, 6) is 0.902. The van der Waals surface area contributed by atoms with Gasteiger partial charge >= 0.3 is 0 Å². The average Bonchev–Trinajstić information content (AvgIpc) is 3.15. The van der Waals surface area contributed by atoms with Crippen molar-refractivity contribution in [3.05, 3.63) is 87.2 Å². The molecule has 0 saturated carbocycles. The third kappa shape index (κ3) is 3.76. The lowest BCUT2D eigenvalue weighted by molar-refractivity contribution is -0.385. The highest BCUT2D eigenvalue weighted by Gasteiger charge is 2.14. The van der Waals surface area contributed by atoms with E-state index in [1.807, 2.05) is 6.07 Å².